The van der Waals surface area contributed by atoms with Crippen molar-refractivity contribution in [3.63, 3.8) is 0 Å². The van der Waals surface area contributed by atoms with Crippen LogP contribution in [0.5, 0.6) is 0 Å². The van der Waals surface area contributed by atoms with Gasteiger partial charge in [0.1, 0.15) is 0 Å². The van der Waals surface area contributed by atoms with Crippen molar-refractivity contribution in [1.82, 2.24) is 0 Å². The van der Waals surface area contributed by atoms with Gasteiger partial charge < -0.3 is 0 Å². The molecule has 0 nitrogen and oxygen atoms in total. The van der Waals surface area contributed by atoms with E-state index in [0.29, 0.717) is 7.25 Å². The summed E-state index contributed by atoms with van der Waals surface area (Å²) in [6, 6.07) is 9.34. The van der Waals surface area contributed by atoms with Crippen molar-refractivity contribution < 1.29 is 18.8 Å². The van der Waals surface area contributed by atoms with E-state index in [1.165, 1.54) is 37.5 Å². The van der Waals surface area contributed by atoms with Gasteiger partial charge in [-0.2, -0.15) is 0 Å². The van der Waals surface area contributed by atoms with E-state index in [4.69, 9.17) is 0 Å². The monoisotopic (exact) mass is 463 g/mol. The quantitative estimate of drug-likeness (QED) is 0.426. The fourth-order valence-corrected chi connectivity index (χ4v) is 24.1. The minimum atomic E-state index is -3.40. The molecule has 4 rings (SSSR count). The summed E-state index contributed by atoms with van der Waals surface area (Å²) in [4.78, 5) is 0. The van der Waals surface area contributed by atoms with Crippen molar-refractivity contribution >= 4 is 12.2 Å². The van der Waals surface area contributed by atoms with Gasteiger partial charge in [-0.25, -0.2) is 0 Å². The predicted molar refractivity (Wildman–Crippen MR) is 127 cm³/mol. The third-order valence-corrected chi connectivity index (χ3v) is 27.2. The predicted octanol–water partition coefficient (Wildman–Crippen LogP) is 8.76. The average molecular weight is 465 g/mol. The molecule has 2 aliphatic rings. The first-order valence-electron chi connectivity index (χ1n) is 11.3. The van der Waals surface area contributed by atoms with Gasteiger partial charge in [0.25, 0.3) is 0 Å². The van der Waals surface area contributed by atoms with Crippen LogP contribution in [-0.4, -0.2) is 0 Å². The molecule has 2 aromatic carbocycles. The average Bonchev–Trinajstić information content (AvgIpc) is 3.21. The zero-order valence-corrected chi connectivity index (χ0v) is 22.3. The Labute approximate surface area is 179 Å². The molecule has 2 unspecified atom stereocenters. The van der Waals surface area contributed by atoms with E-state index >= 15 is 0 Å². The van der Waals surface area contributed by atoms with Crippen molar-refractivity contribution in [1.29, 1.82) is 0 Å². The Balaban J connectivity index is 2.03. The second kappa shape index (κ2) is 6.65. The van der Waals surface area contributed by atoms with Crippen LogP contribution in [-0.2, 0) is 18.8 Å². The van der Waals surface area contributed by atoms with Crippen molar-refractivity contribution in [3.8, 4) is 0 Å². The van der Waals surface area contributed by atoms with Crippen molar-refractivity contribution in [2.24, 2.45) is 0 Å². The fraction of sp³-hybridized carbons (Fsp3) is 0.429. The van der Waals surface area contributed by atoms with Crippen molar-refractivity contribution in [2.45, 2.75) is 69.1 Å². The Kier molecular flexibility index (Phi) is 4.83. The molecule has 0 saturated heterocycles. The standard InChI is InChI=1S/2C12H13.C2H5.2CH3.Zr/c2*1-8-6-11-9(2)4-5-10(3)12(11)7-8;1-2;;;/h2*4-7H,1-3H3;1H2,2H3;2*1H3;. The molecule has 0 saturated carbocycles. The van der Waals surface area contributed by atoms with Gasteiger partial charge in [-0.15, -0.1) is 0 Å². The molecule has 0 N–H and O–H groups in total. The summed E-state index contributed by atoms with van der Waals surface area (Å²) in [6.45, 7) is 16.6. The number of fused-ring (bicyclic) bond motifs is 2. The molecular weight excluding hydrogens is 428 g/mol. The van der Waals surface area contributed by atoms with E-state index in [2.05, 4.69) is 94.1 Å². The van der Waals surface area contributed by atoms with Crippen LogP contribution in [0.3, 0.4) is 0 Å². The molecule has 0 radical (unpaired) electrons. The van der Waals surface area contributed by atoms with Gasteiger partial charge in [-0.1, -0.05) is 0 Å². The first-order chi connectivity index (χ1) is 13.5. The number of hydrogen-bond donors (Lipinski definition) is 0. The Morgan fingerprint density at radius 1 is 0.621 bits per heavy atom. The zero-order valence-electron chi connectivity index (χ0n) is 19.8. The maximum atomic E-state index is 2.78. The van der Waals surface area contributed by atoms with Crippen molar-refractivity contribution in [3.05, 3.63) is 79.9 Å². The topological polar surface area (TPSA) is 0 Å². The molecule has 1 heteroatoms. The van der Waals surface area contributed by atoms with Gasteiger partial charge in [0, 0.05) is 0 Å². The SMILES string of the molecule is C[CH2][Zr]([CH3])([CH3])([CH]1C(C)=Cc2c(C)ccc(C)c21)[CH]1C(C)=Cc2c(C)ccc(C)c21. The summed E-state index contributed by atoms with van der Waals surface area (Å²) in [6.07, 6.45) is 5.05. The van der Waals surface area contributed by atoms with E-state index < -0.39 is 18.8 Å². The second-order valence-corrected chi connectivity index (χ2v) is 30.0. The molecular formula is C28H37Zr. The molecule has 29 heavy (non-hydrogen) atoms. The molecule has 0 amide bonds. The molecule has 0 aliphatic heterocycles. The molecule has 0 bridgehead atoms. The van der Waals surface area contributed by atoms with Gasteiger partial charge in [-0.3, -0.25) is 0 Å². The maximum absolute atomic E-state index is 3.40. The molecule has 0 heterocycles. The first-order valence-corrected chi connectivity index (χ1v) is 20.8. The molecule has 2 aliphatic carbocycles. The van der Waals surface area contributed by atoms with Crippen molar-refractivity contribution in [2.75, 3.05) is 0 Å². The van der Waals surface area contributed by atoms with Crippen LogP contribution in [0.2, 0.25) is 13.4 Å². The second-order valence-electron chi connectivity index (χ2n) is 11.0. The number of rotatable bonds is 3. The van der Waals surface area contributed by atoms with Crippen LogP contribution in [0.15, 0.2) is 35.4 Å². The zero-order chi connectivity index (χ0) is 21.3. The summed E-state index contributed by atoms with van der Waals surface area (Å²) in [5, 5.41) is 0. The van der Waals surface area contributed by atoms with Gasteiger partial charge in [-0.05, 0) is 0 Å². The summed E-state index contributed by atoms with van der Waals surface area (Å²) < 4.78 is 8.16. The van der Waals surface area contributed by atoms with Gasteiger partial charge in [0.2, 0.25) is 0 Å². The van der Waals surface area contributed by atoms with Crippen LogP contribution in [0, 0.1) is 27.7 Å². The van der Waals surface area contributed by atoms with Crippen LogP contribution >= 0.6 is 0 Å². The molecule has 153 valence electrons. The van der Waals surface area contributed by atoms with E-state index in [1.807, 2.05) is 0 Å². The fourth-order valence-electron chi connectivity index (χ4n) is 6.95. The summed E-state index contributed by atoms with van der Waals surface area (Å²) in [7, 11) is 0. The molecule has 2 aromatic rings. The first kappa shape index (κ1) is 21.1. The third kappa shape index (κ3) is 2.80. The Hall–Kier alpha value is -1.20. The number of aryl methyl sites for hydroxylation is 4. The summed E-state index contributed by atoms with van der Waals surface area (Å²) in [5.41, 5.74) is 15.4. The van der Waals surface area contributed by atoms with Crippen LogP contribution in [0.1, 0.15) is 72.5 Å². The Morgan fingerprint density at radius 2 is 0.966 bits per heavy atom. The van der Waals surface area contributed by atoms with Crippen LogP contribution < -0.4 is 0 Å². The van der Waals surface area contributed by atoms with Gasteiger partial charge >= 0.3 is 180 Å². The van der Waals surface area contributed by atoms with E-state index in [0.717, 1.165) is 0 Å². The van der Waals surface area contributed by atoms with E-state index in [9.17, 15) is 0 Å². The molecule has 0 fully saturated rings. The summed E-state index contributed by atoms with van der Waals surface area (Å²) in [5.74, 6) is 0. The molecule has 0 spiro atoms. The third-order valence-electron chi connectivity index (χ3n) is 8.69. The van der Waals surface area contributed by atoms with Crippen LogP contribution in [0.25, 0.3) is 12.2 Å². The van der Waals surface area contributed by atoms with Crippen LogP contribution in [0.4, 0.5) is 0 Å². The number of allylic oxidation sites excluding steroid dienone is 2. The Bertz CT molecular complexity index is 1010. The number of benzene rings is 2. The Morgan fingerprint density at radius 3 is 1.31 bits per heavy atom. The van der Waals surface area contributed by atoms with E-state index in [1.54, 1.807) is 22.3 Å². The van der Waals surface area contributed by atoms with E-state index in [-0.39, 0.29) is 0 Å². The molecule has 0 aromatic heterocycles. The van der Waals surface area contributed by atoms with Gasteiger partial charge in [0.05, 0.1) is 0 Å². The molecule has 2 atom stereocenters. The number of hydrogen-bond acceptors (Lipinski definition) is 0. The van der Waals surface area contributed by atoms with Gasteiger partial charge in [0.15, 0.2) is 0 Å². The minimum absolute atomic E-state index is 0.635. The normalized spacial score (nSPS) is 21.9. The summed E-state index contributed by atoms with van der Waals surface area (Å²) >= 11 is -3.40.